The summed E-state index contributed by atoms with van der Waals surface area (Å²) in [4.78, 5) is 16.9. The van der Waals surface area contributed by atoms with Crippen LogP contribution in [0.1, 0.15) is 15.9 Å². The molecular formula is C24H19FN2O3. The van der Waals surface area contributed by atoms with E-state index >= 15 is 0 Å². The van der Waals surface area contributed by atoms with Crippen LogP contribution in [0.4, 0.5) is 4.39 Å². The number of rotatable bonds is 6. The number of carbonyl (C=O) groups excluding carboxylic acids is 1. The summed E-state index contributed by atoms with van der Waals surface area (Å²) in [6, 6.07) is 20.5. The van der Waals surface area contributed by atoms with Crippen molar-refractivity contribution in [2.75, 3.05) is 7.11 Å². The molecule has 0 unspecified atom stereocenters. The second-order valence-corrected chi connectivity index (χ2v) is 6.60. The van der Waals surface area contributed by atoms with Gasteiger partial charge in [0.15, 0.2) is 0 Å². The van der Waals surface area contributed by atoms with Gasteiger partial charge < -0.3 is 14.8 Å². The third kappa shape index (κ3) is 4.22. The van der Waals surface area contributed by atoms with Crippen molar-refractivity contribution < 1.29 is 18.7 Å². The van der Waals surface area contributed by atoms with Crippen LogP contribution in [0.25, 0.3) is 10.9 Å². The van der Waals surface area contributed by atoms with Crippen LogP contribution < -0.4 is 14.8 Å². The number of hydrogen-bond acceptors (Lipinski definition) is 4. The fourth-order valence-electron chi connectivity index (χ4n) is 3.16. The zero-order chi connectivity index (χ0) is 20.9. The summed E-state index contributed by atoms with van der Waals surface area (Å²) in [6.45, 7) is 0.255. The molecule has 0 aliphatic heterocycles. The van der Waals surface area contributed by atoms with E-state index in [-0.39, 0.29) is 17.9 Å². The zero-order valence-corrected chi connectivity index (χ0v) is 16.3. The minimum absolute atomic E-state index is 0.165. The van der Waals surface area contributed by atoms with Gasteiger partial charge in [0.05, 0.1) is 12.6 Å². The molecule has 3 aromatic carbocycles. The molecule has 1 N–H and O–H groups in total. The second-order valence-electron chi connectivity index (χ2n) is 6.60. The molecular weight excluding hydrogens is 383 g/mol. The fraction of sp³-hybridized carbons (Fsp3) is 0.0833. The van der Waals surface area contributed by atoms with Gasteiger partial charge in [-0.2, -0.15) is 0 Å². The molecule has 0 bridgehead atoms. The number of halogens is 1. The number of nitrogens with zero attached hydrogens (tertiary/aromatic N) is 1. The standard InChI is InChI=1S/C24H19FN2O3/c1-29-22-9-5-2-6-16(22)15-27-24(28)17-12-18(25)14-19(13-17)30-23-10-11-26-21-8-4-3-7-20(21)23/h2-14H,15H2,1H3,(H,27,28). The summed E-state index contributed by atoms with van der Waals surface area (Å²) >= 11 is 0. The smallest absolute Gasteiger partial charge is 0.251 e. The van der Waals surface area contributed by atoms with Crippen molar-refractivity contribution in [2.24, 2.45) is 0 Å². The van der Waals surface area contributed by atoms with E-state index < -0.39 is 11.7 Å². The lowest BCUT2D eigenvalue weighted by Gasteiger charge is -2.12. The van der Waals surface area contributed by atoms with Gasteiger partial charge in [0.25, 0.3) is 5.91 Å². The molecule has 0 aliphatic rings. The highest BCUT2D eigenvalue weighted by Gasteiger charge is 2.12. The number of para-hydroxylation sites is 2. The van der Waals surface area contributed by atoms with E-state index in [1.807, 2.05) is 48.5 Å². The predicted octanol–water partition coefficient (Wildman–Crippen LogP) is 5.10. The van der Waals surface area contributed by atoms with Crippen molar-refractivity contribution in [1.29, 1.82) is 0 Å². The maximum Gasteiger partial charge on any atom is 0.251 e. The number of hydrogen-bond donors (Lipinski definition) is 1. The number of nitrogens with one attached hydrogen (secondary N) is 1. The van der Waals surface area contributed by atoms with Crippen LogP contribution in [0.5, 0.6) is 17.2 Å². The monoisotopic (exact) mass is 402 g/mol. The molecule has 150 valence electrons. The molecule has 1 aromatic heterocycles. The molecule has 0 saturated heterocycles. The number of amides is 1. The Morgan fingerprint density at radius 1 is 1.00 bits per heavy atom. The largest absolute Gasteiger partial charge is 0.496 e. The lowest BCUT2D eigenvalue weighted by molar-refractivity contribution is 0.0950. The Morgan fingerprint density at radius 2 is 1.80 bits per heavy atom. The van der Waals surface area contributed by atoms with E-state index in [1.165, 1.54) is 18.2 Å². The first-order chi connectivity index (χ1) is 14.6. The van der Waals surface area contributed by atoms with E-state index in [0.29, 0.717) is 11.5 Å². The maximum absolute atomic E-state index is 14.2. The van der Waals surface area contributed by atoms with Crippen LogP contribution in [0.15, 0.2) is 79.0 Å². The van der Waals surface area contributed by atoms with Crippen LogP contribution in [-0.2, 0) is 6.54 Å². The molecule has 4 aromatic rings. The molecule has 1 heterocycles. The van der Waals surface area contributed by atoms with Gasteiger partial charge in [-0.1, -0.05) is 30.3 Å². The lowest BCUT2D eigenvalue weighted by Crippen LogP contribution is -2.23. The molecule has 0 atom stereocenters. The van der Waals surface area contributed by atoms with E-state index in [0.717, 1.165) is 16.5 Å². The van der Waals surface area contributed by atoms with Crippen LogP contribution in [0.2, 0.25) is 0 Å². The SMILES string of the molecule is COc1ccccc1CNC(=O)c1cc(F)cc(Oc2ccnc3ccccc23)c1. The topological polar surface area (TPSA) is 60.5 Å². The van der Waals surface area contributed by atoms with Crippen LogP contribution in [0, 0.1) is 5.82 Å². The van der Waals surface area contributed by atoms with E-state index in [1.54, 1.807) is 19.4 Å². The van der Waals surface area contributed by atoms with Gasteiger partial charge in [-0.05, 0) is 36.4 Å². The van der Waals surface area contributed by atoms with E-state index in [4.69, 9.17) is 9.47 Å². The molecule has 6 heteroatoms. The molecule has 0 fully saturated rings. The third-order valence-electron chi connectivity index (χ3n) is 4.60. The number of pyridine rings is 1. The van der Waals surface area contributed by atoms with Crippen molar-refractivity contribution in [3.63, 3.8) is 0 Å². The molecule has 0 saturated carbocycles. The first kappa shape index (κ1) is 19.4. The quantitative estimate of drug-likeness (QED) is 0.487. The van der Waals surface area contributed by atoms with Gasteiger partial charge >= 0.3 is 0 Å². The summed E-state index contributed by atoms with van der Waals surface area (Å²) in [5.41, 5.74) is 1.75. The number of methoxy groups -OCH3 is 1. The molecule has 5 nitrogen and oxygen atoms in total. The Labute approximate surface area is 173 Å². The number of carbonyl (C=O) groups is 1. The normalized spacial score (nSPS) is 10.6. The Morgan fingerprint density at radius 3 is 2.67 bits per heavy atom. The highest BCUT2D eigenvalue weighted by Crippen LogP contribution is 2.29. The Bertz CT molecular complexity index is 1200. The first-order valence-corrected chi connectivity index (χ1v) is 9.36. The van der Waals surface area contributed by atoms with Crippen molar-refractivity contribution >= 4 is 16.8 Å². The molecule has 0 aliphatic carbocycles. The van der Waals surface area contributed by atoms with Gasteiger partial charge in [-0.15, -0.1) is 0 Å². The summed E-state index contributed by atoms with van der Waals surface area (Å²) in [5.74, 6) is 0.462. The van der Waals surface area contributed by atoms with Crippen LogP contribution >= 0.6 is 0 Å². The van der Waals surface area contributed by atoms with Crippen molar-refractivity contribution in [3.8, 4) is 17.2 Å². The van der Waals surface area contributed by atoms with Gasteiger partial charge in [0.2, 0.25) is 0 Å². The number of benzene rings is 3. The highest BCUT2D eigenvalue weighted by atomic mass is 19.1. The van der Waals surface area contributed by atoms with Gasteiger partial charge in [0.1, 0.15) is 23.1 Å². The maximum atomic E-state index is 14.2. The van der Waals surface area contributed by atoms with Crippen LogP contribution in [-0.4, -0.2) is 18.0 Å². The summed E-state index contributed by atoms with van der Waals surface area (Å²) in [5, 5.41) is 3.58. The van der Waals surface area contributed by atoms with E-state index in [2.05, 4.69) is 10.3 Å². The minimum atomic E-state index is -0.562. The minimum Gasteiger partial charge on any atom is -0.496 e. The van der Waals surface area contributed by atoms with Gasteiger partial charge in [0, 0.05) is 35.3 Å². The second kappa shape index (κ2) is 8.61. The fourth-order valence-corrected chi connectivity index (χ4v) is 3.16. The lowest BCUT2D eigenvalue weighted by atomic mass is 10.1. The van der Waals surface area contributed by atoms with Crippen molar-refractivity contribution in [1.82, 2.24) is 10.3 Å². The number of ether oxygens (including phenoxy) is 2. The average molecular weight is 402 g/mol. The summed E-state index contributed by atoms with van der Waals surface area (Å²) in [7, 11) is 1.57. The summed E-state index contributed by atoms with van der Waals surface area (Å²) < 4.78 is 25.4. The van der Waals surface area contributed by atoms with Crippen molar-refractivity contribution in [3.05, 3.63) is 95.9 Å². The van der Waals surface area contributed by atoms with E-state index in [9.17, 15) is 9.18 Å². The zero-order valence-electron chi connectivity index (χ0n) is 16.3. The molecule has 4 rings (SSSR count). The number of aromatic nitrogens is 1. The predicted molar refractivity (Wildman–Crippen MR) is 112 cm³/mol. The molecule has 0 spiro atoms. The van der Waals surface area contributed by atoms with Gasteiger partial charge in [-0.25, -0.2) is 4.39 Å². The highest BCUT2D eigenvalue weighted by molar-refractivity contribution is 5.94. The Kier molecular flexibility index (Phi) is 5.57. The van der Waals surface area contributed by atoms with Crippen LogP contribution in [0.3, 0.4) is 0 Å². The Hall–Kier alpha value is -3.93. The summed E-state index contributed by atoms with van der Waals surface area (Å²) in [6.07, 6.45) is 1.62. The molecule has 0 radical (unpaired) electrons. The first-order valence-electron chi connectivity index (χ1n) is 9.36. The number of fused-ring (bicyclic) bond motifs is 1. The average Bonchev–Trinajstić information content (AvgIpc) is 2.77. The Balaban J connectivity index is 1.55. The van der Waals surface area contributed by atoms with Gasteiger partial charge in [-0.3, -0.25) is 9.78 Å². The molecule has 30 heavy (non-hydrogen) atoms. The van der Waals surface area contributed by atoms with Crippen molar-refractivity contribution in [2.45, 2.75) is 6.54 Å². The molecule has 1 amide bonds. The third-order valence-corrected chi connectivity index (χ3v) is 4.60.